The first-order valence-electron chi connectivity index (χ1n) is 12.4. The predicted molar refractivity (Wildman–Crippen MR) is 144 cm³/mol. The van der Waals surface area contributed by atoms with E-state index in [2.05, 4.69) is 10.6 Å². The van der Waals surface area contributed by atoms with E-state index >= 15 is 0 Å². The fraction of sp³-hybridized carbons (Fsp3) is 0.276. The van der Waals surface area contributed by atoms with Crippen LogP contribution < -0.4 is 15.5 Å². The van der Waals surface area contributed by atoms with Crippen molar-refractivity contribution >= 4 is 34.8 Å². The van der Waals surface area contributed by atoms with Gasteiger partial charge in [-0.25, -0.2) is 0 Å². The number of carbonyl (C=O) groups excluding carboxylic acids is 3. The Morgan fingerprint density at radius 3 is 2.22 bits per heavy atom. The van der Waals surface area contributed by atoms with Crippen molar-refractivity contribution in [2.75, 3.05) is 41.7 Å². The van der Waals surface area contributed by atoms with Crippen LogP contribution in [-0.2, 0) is 4.79 Å². The Kier molecular flexibility index (Phi) is 8.34. The van der Waals surface area contributed by atoms with E-state index in [1.165, 1.54) is 6.42 Å². The number of piperidine rings is 1. The van der Waals surface area contributed by atoms with E-state index in [0.717, 1.165) is 31.6 Å². The van der Waals surface area contributed by atoms with Gasteiger partial charge in [-0.1, -0.05) is 24.3 Å². The Labute approximate surface area is 212 Å². The summed E-state index contributed by atoms with van der Waals surface area (Å²) in [6.07, 6.45) is 3.27. The van der Waals surface area contributed by atoms with Crippen LogP contribution in [0.25, 0.3) is 0 Å². The summed E-state index contributed by atoms with van der Waals surface area (Å²) in [6, 6.07) is 23.7. The van der Waals surface area contributed by atoms with Crippen molar-refractivity contribution in [3.8, 4) is 0 Å². The van der Waals surface area contributed by atoms with Crippen molar-refractivity contribution in [3.05, 3.63) is 90.0 Å². The zero-order chi connectivity index (χ0) is 25.3. The Hall–Kier alpha value is -4.13. The van der Waals surface area contributed by atoms with E-state index in [-0.39, 0.29) is 24.3 Å². The average molecular weight is 485 g/mol. The quantitative estimate of drug-likeness (QED) is 0.470. The van der Waals surface area contributed by atoms with Crippen molar-refractivity contribution in [3.63, 3.8) is 0 Å². The van der Waals surface area contributed by atoms with Gasteiger partial charge in [-0.3, -0.25) is 14.4 Å². The van der Waals surface area contributed by atoms with Gasteiger partial charge in [0.05, 0.1) is 6.54 Å². The zero-order valence-corrected chi connectivity index (χ0v) is 20.6. The first-order chi connectivity index (χ1) is 17.5. The molecule has 0 unspecified atom stereocenters. The van der Waals surface area contributed by atoms with Crippen molar-refractivity contribution < 1.29 is 14.4 Å². The molecule has 2 N–H and O–H groups in total. The van der Waals surface area contributed by atoms with Gasteiger partial charge in [0, 0.05) is 47.8 Å². The molecule has 0 saturated carbocycles. The van der Waals surface area contributed by atoms with E-state index in [1.54, 1.807) is 47.4 Å². The average Bonchev–Trinajstić information content (AvgIpc) is 2.93. The van der Waals surface area contributed by atoms with Crippen molar-refractivity contribution in [1.82, 2.24) is 4.90 Å². The number of para-hydroxylation sites is 1. The molecule has 3 aromatic rings. The molecule has 36 heavy (non-hydrogen) atoms. The van der Waals surface area contributed by atoms with Gasteiger partial charge in [0.15, 0.2) is 0 Å². The van der Waals surface area contributed by atoms with Gasteiger partial charge >= 0.3 is 0 Å². The fourth-order valence-corrected chi connectivity index (χ4v) is 4.33. The number of nitrogens with one attached hydrogen (secondary N) is 2. The van der Waals surface area contributed by atoms with Gasteiger partial charge in [0.1, 0.15) is 0 Å². The molecule has 0 atom stereocenters. The number of nitrogens with zero attached hydrogens (tertiary/aromatic N) is 2. The Balaban J connectivity index is 1.32. The molecule has 7 heteroatoms. The molecule has 1 saturated heterocycles. The first kappa shape index (κ1) is 25.0. The first-order valence-corrected chi connectivity index (χ1v) is 12.4. The number of benzene rings is 3. The molecule has 3 aromatic carbocycles. The highest BCUT2D eigenvalue weighted by atomic mass is 16.2. The second-order valence-electron chi connectivity index (χ2n) is 8.80. The van der Waals surface area contributed by atoms with E-state index < -0.39 is 0 Å². The summed E-state index contributed by atoms with van der Waals surface area (Å²) in [4.78, 5) is 41.8. The number of likely N-dealkylation sites (tertiary alicyclic amines) is 1. The number of hydrogen-bond acceptors (Lipinski definition) is 4. The van der Waals surface area contributed by atoms with Gasteiger partial charge in [-0.05, 0) is 80.8 Å². The summed E-state index contributed by atoms with van der Waals surface area (Å²) in [5.74, 6) is -0.283. The van der Waals surface area contributed by atoms with Gasteiger partial charge < -0.3 is 20.4 Å². The minimum atomic E-state index is -0.221. The highest BCUT2D eigenvalue weighted by Gasteiger charge is 2.18. The highest BCUT2D eigenvalue weighted by molar-refractivity contribution is 6.06. The third-order valence-electron chi connectivity index (χ3n) is 6.25. The molecule has 0 spiro atoms. The molecule has 1 heterocycles. The van der Waals surface area contributed by atoms with Crippen molar-refractivity contribution in [2.24, 2.45) is 0 Å². The van der Waals surface area contributed by atoms with Crippen LogP contribution in [0.3, 0.4) is 0 Å². The van der Waals surface area contributed by atoms with Gasteiger partial charge in [-0.2, -0.15) is 0 Å². The van der Waals surface area contributed by atoms with Crippen LogP contribution in [0, 0.1) is 0 Å². The van der Waals surface area contributed by atoms with Crippen LogP contribution in [0.5, 0.6) is 0 Å². The molecule has 0 radical (unpaired) electrons. The summed E-state index contributed by atoms with van der Waals surface area (Å²) in [5.41, 5.74) is 3.32. The lowest BCUT2D eigenvalue weighted by Crippen LogP contribution is -2.35. The Bertz CT molecular complexity index is 1190. The van der Waals surface area contributed by atoms with Crippen LogP contribution in [-0.4, -0.2) is 48.8 Å². The van der Waals surface area contributed by atoms with Crippen LogP contribution in [0.1, 0.15) is 46.9 Å². The van der Waals surface area contributed by atoms with Gasteiger partial charge in [-0.15, -0.1) is 0 Å². The number of hydrogen-bond donors (Lipinski definition) is 2. The molecule has 1 aliphatic heterocycles. The minimum Gasteiger partial charge on any atom is -0.376 e. The second kappa shape index (κ2) is 12.0. The molecule has 1 fully saturated rings. The van der Waals surface area contributed by atoms with E-state index in [0.29, 0.717) is 29.0 Å². The maximum Gasteiger partial charge on any atom is 0.258 e. The lowest BCUT2D eigenvalue weighted by atomic mass is 10.1. The largest absolute Gasteiger partial charge is 0.376 e. The third-order valence-corrected chi connectivity index (χ3v) is 6.25. The number of rotatable bonds is 8. The summed E-state index contributed by atoms with van der Waals surface area (Å²) < 4.78 is 0. The summed E-state index contributed by atoms with van der Waals surface area (Å²) >= 11 is 0. The van der Waals surface area contributed by atoms with E-state index in [4.69, 9.17) is 0 Å². The molecule has 3 amide bonds. The summed E-state index contributed by atoms with van der Waals surface area (Å²) in [7, 11) is 0. The molecule has 7 nitrogen and oxygen atoms in total. The molecular formula is C29H32N4O3. The Morgan fingerprint density at radius 1 is 0.806 bits per heavy atom. The van der Waals surface area contributed by atoms with Crippen LogP contribution in [0.4, 0.5) is 17.1 Å². The number of anilines is 3. The third kappa shape index (κ3) is 6.30. The molecule has 186 valence electrons. The van der Waals surface area contributed by atoms with E-state index in [9.17, 15) is 14.4 Å². The standard InChI is InChI=1S/C29H32N4O3/c1-2-33(26-12-5-3-6-13-26)29(36)23-10-9-11-25(20-23)30-21-27(34)31-24-16-14-22(15-17-24)28(35)32-18-7-4-8-19-32/h3,5-6,9-17,20,30H,2,4,7-8,18-19,21H2,1H3,(H,31,34). The summed E-state index contributed by atoms with van der Waals surface area (Å²) in [5, 5.41) is 5.93. The van der Waals surface area contributed by atoms with E-state index in [1.807, 2.05) is 48.2 Å². The number of carbonyl (C=O) groups is 3. The lowest BCUT2D eigenvalue weighted by Gasteiger charge is -2.26. The Morgan fingerprint density at radius 2 is 1.53 bits per heavy atom. The van der Waals surface area contributed by atoms with Gasteiger partial charge in [0.2, 0.25) is 5.91 Å². The van der Waals surface area contributed by atoms with Crippen LogP contribution >= 0.6 is 0 Å². The fourth-order valence-electron chi connectivity index (χ4n) is 4.33. The maximum absolute atomic E-state index is 13.1. The highest BCUT2D eigenvalue weighted by Crippen LogP contribution is 2.19. The maximum atomic E-state index is 13.1. The van der Waals surface area contributed by atoms with Crippen LogP contribution in [0.15, 0.2) is 78.9 Å². The normalized spacial score (nSPS) is 13.1. The molecular weight excluding hydrogens is 452 g/mol. The minimum absolute atomic E-state index is 0.0394. The van der Waals surface area contributed by atoms with Crippen molar-refractivity contribution in [2.45, 2.75) is 26.2 Å². The topological polar surface area (TPSA) is 81.8 Å². The SMILES string of the molecule is CCN(C(=O)c1cccc(NCC(=O)Nc2ccc(C(=O)N3CCCCC3)cc2)c1)c1ccccc1. The molecule has 0 bridgehead atoms. The summed E-state index contributed by atoms with van der Waals surface area (Å²) in [6.45, 7) is 4.14. The van der Waals surface area contributed by atoms with Crippen LogP contribution in [0.2, 0.25) is 0 Å². The molecule has 4 rings (SSSR count). The molecule has 0 aliphatic carbocycles. The predicted octanol–water partition coefficient (Wildman–Crippen LogP) is 5.03. The molecule has 1 aliphatic rings. The lowest BCUT2D eigenvalue weighted by molar-refractivity contribution is -0.114. The number of amides is 3. The second-order valence-corrected chi connectivity index (χ2v) is 8.80. The molecule has 0 aromatic heterocycles. The smallest absolute Gasteiger partial charge is 0.258 e. The monoisotopic (exact) mass is 484 g/mol. The van der Waals surface area contributed by atoms with Crippen molar-refractivity contribution in [1.29, 1.82) is 0 Å². The zero-order valence-electron chi connectivity index (χ0n) is 20.6. The van der Waals surface area contributed by atoms with Gasteiger partial charge in [0.25, 0.3) is 11.8 Å².